The van der Waals surface area contributed by atoms with Crippen molar-refractivity contribution in [2.24, 2.45) is 14.1 Å². The third-order valence-corrected chi connectivity index (χ3v) is 5.22. The molecule has 0 aliphatic carbocycles. The zero-order valence-corrected chi connectivity index (χ0v) is 20.1. The Bertz CT molecular complexity index is 1210. The van der Waals surface area contributed by atoms with Gasteiger partial charge >= 0.3 is 0 Å². The first kappa shape index (κ1) is 24.4. The molecular formula is C25H31N7O2. The van der Waals surface area contributed by atoms with Gasteiger partial charge in [0.05, 0.1) is 25.5 Å². The highest BCUT2D eigenvalue weighted by atomic mass is 16.5. The summed E-state index contributed by atoms with van der Waals surface area (Å²) in [6.07, 6.45) is 8.65. The summed E-state index contributed by atoms with van der Waals surface area (Å²) in [7, 11) is 5.32. The highest BCUT2D eigenvalue weighted by Crippen LogP contribution is 2.27. The van der Waals surface area contributed by atoms with Gasteiger partial charge < -0.3 is 24.8 Å². The number of carbonyl (C=O) groups excluding carboxylic acids is 1. The van der Waals surface area contributed by atoms with Gasteiger partial charge in [-0.2, -0.15) is 0 Å². The standard InChI is InChI=1S/C25H31N7O2/c1-7-18(3)27-20-11-9-10-19(12-20)14-32(17-33)16-22(24-26-13-21(8-2)31(24)5)28-23-15-30(4)29-25(23)34-6/h7,9-13,15-17,27-28H,1,3,8,14H2,2,4-6H3/b22-16+. The molecule has 9 heteroatoms. The molecule has 2 N–H and O–H groups in total. The summed E-state index contributed by atoms with van der Waals surface area (Å²) in [5, 5.41) is 10.8. The zero-order chi connectivity index (χ0) is 24.7. The van der Waals surface area contributed by atoms with E-state index in [1.54, 1.807) is 29.0 Å². The minimum Gasteiger partial charge on any atom is -0.478 e. The van der Waals surface area contributed by atoms with Crippen molar-refractivity contribution in [3.63, 3.8) is 0 Å². The fourth-order valence-corrected chi connectivity index (χ4v) is 3.49. The Morgan fingerprint density at radius 3 is 2.74 bits per heavy atom. The number of allylic oxidation sites excluding steroid dienone is 1. The average molecular weight is 462 g/mol. The normalized spacial score (nSPS) is 11.1. The lowest BCUT2D eigenvalue weighted by Gasteiger charge is -2.18. The Morgan fingerprint density at radius 2 is 2.09 bits per heavy atom. The van der Waals surface area contributed by atoms with E-state index in [9.17, 15) is 4.79 Å². The van der Waals surface area contributed by atoms with E-state index in [-0.39, 0.29) is 0 Å². The molecule has 0 aliphatic rings. The molecule has 178 valence electrons. The number of aromatic nitrogens is 4. The molecule has 0 atom stereocenters. The van der Waals surface area contributed by atoms with Crippen molar-refractivity contribution in [2.45, 2.75) is 19.9 Å². The van der Waals surface area contributed by atoms with E-state index in [0.717, 1.165) is 29.8 Å². The SMILES string of the molecule is C=CC(=C)Nc1cccc(CN(C=O)/C=C(/Nc2cn(C)nc2OC)c2ncc(CC)n2C)c1. The first-order chi connectivity index (χ1) is 16.4. The van der Waals surface area contributed by atoms with Gasteiger partial charge in [0.1, 0.15) is 5.69 Å². The van der Waals surface area contributed by atoms with E-state index in [1.807, 2.05) is 55.3 Å². The molecule has 3 aromatic rings. The van der Waals surface area contributed by atoms with Crippen LogP contribution < -0.4 is 15.4 Å². The molecule has 0 unspecified atom stereocenters. The molecule has 34 heavy (non-hydrogen) atoms. The molecular weight excluding hydrogens is 430 g/mol. The molecule has 0 radical (unpaired) electrons. The lowest BCUT2D eigenvalue weighted by molar-refractivity contribution is -0.116. The van der Waals surface area contributed by atoms with Crippen molar-refractivity contribution >= 4 is 23.5 Å². The summed E-state index contributed by atoms with van der Waals surface area (Å²) in [6, 6.07) is 7.78. The van der Waals surface area contributed by atoms with E-state index in [1.165, 1.54) is 0 Å². The summed E-state index contributed by atoms with van der Waals surface area (Å²) >= 11 is 0. The van der Waals surface area contributed by atoms with Gasteiger partial charge in [0, 0.05) is 43.6 Å². The van der Waals surface area contributed by atoms with Gasteiger partial charge in [-0.25, -0.2) is 4.98 Å². The zero-order valence-electron chi connectivity index (χ0n) is 20.1. The van der Waals surface area contributed by atoms with Crippen LogP contribution in [0.5, 0.6) is 5.88 Å². The van der Waals surface area contributed by atoms with Crippen LogP contribution in [0.15, 0.2) is 67.8 Å². The highest BCUT2D eigenvalue weighted by Gasteiger charge is 2.17. The number of benzene rings is 1. The topological polar surface area (TPSA) is 89.2 Å². The lowest BCUT2D eigenvalue weighted by Crippen LogP contribution is -2.18. The van der Waals surface area contributed by atoms with Crippen LogP contribution >= 0.6 is 0 Å². The largest absolute Gasteiger partial charge is 0.478 e. The average Bonchev–Trinajstić information content (AvgIpc) is 3.38. The minimum atomic E-state index is 0.361. The Hall–Kier alpha value is -4.27. The van der Waals surface area contributed by atoms with Gasteiger partial charge in [-0.1, -0.05) is 32.2 Å². The van der Waals surface area contributed by atoms with Crippen LogP contribution in [0.1, 0.15) is 24.0 Å². The lowest BCUT2D eigenvalue weighted by atomic mass is 10.2. The van der Waals surface area contributed by atoms with Crippen LogP contribution in [0, 0.1) is 0 Å². The van der Waals surface area contributed by atoms with Crippen molar-refractivity contribution in [3.8, 4) is 5.88 Å². The van der Waals surface area contributed by atoms with Crippen molar-refractivity contribution in [2.75, 3.05) is 17.7 Å². The summed E-state index contributed by atoms with van der Waals surface area (Å²) in [5.41, 5.74) is 4.87. The summed E-state index contributed by atoms with van der Waals surface area (Å²) in [5.74, 6) is 1.13. The predicted octanol–water partition coefficient (Wildman–Crippen LogP) is 3.91. The van der Waals surface area contributed by atoms with Gasteiger partial charge in [-0.3, -0.25) is 9.48 Å². The maximum absolute atomic E-state index is 12.1. The third kappa shape index (κ3) is 5.74. The molecule has 0 saturated heterocycles. The first-order valence-electron chi connectivity index (χ1n) is 10.8. The quantitative estimate of drug-likeness (QED) is 0.314. The Kier molecular flexibility index (Phi) is 7.92. The van der Waals surface area contributed by atoms with Gasteiger partial charge in [-0.15, -0.1) is 5.10 Å². The summed E-state index contributed by atoms with van der Waals surface area (Å²) in [4.78, 5) is 18.2. The molecule has 0 spiro atoms. The molecule has 3 rings (SSSR count). The van der Waals surface area contributed by atoms with E-state index in [2.05, 4.69) is 40.8 Å². The number of amides is 1. The molecule has 9 nitrogen and oxygen atoms in total. The second-order valence-corrected chi connectivity index (χ2v) is 7.71. The third-order valence-electron chi connectivity index (χ3n) is 5.22. The van der Waals surface area contributed by atoms with Crippen LogP contribution in [-0.2, 0) is 31.9 Å². The minimum absolute atomic E-state index is 0.361. The number of nitrogens with zero attached hydrogens (tertiary/aromatic N) is 5. The van der Waals surface area contributed by atoms with Crippen LogP contribution in [0.4, 0.5) is 11.4 Å². The highest BCUT2D eigenvalue weighted by molar-refractivity contribution is 5.76. The summed E-state index contributed by atoms with van der Waals surface area (Å²) in [6.45, 7) is 10.0. The van der Waals surface area contributed by atoms with Crippen LogP contribution in [0.3, 0.4) is 0 Å². The Balaban J connectivity index is 1.95. The van der Waals surface area contributed by atoms with Crippen LogP contribution in [0.2, 0.25) is 0 Å². The second kappa shape index (κ2) is 11.0. The number of hydrogen-bond acceptors (Lipinski definition) is 6. The van der Waals surface area contributed by atoms with E-state index < -0.39 is 0 Å². The van der Waals surface area contributed by atoms with Crippen molar-refractivity contribution in [1.29, 1.82) is 0 Å². The van der Waals surface area contributed by atoms with Crippen molar-refractivity contribution in [3.05, 3.63) is 84.9 Å². The molecule has 0 aliphatic heterocycles. The molecule has 2 aromatic heterocycles. The molecule has 0 bridgehead atoms. The maximum atomic E-state index is 12.1. The van der Waals surface area contributed by atoms with E-state index in [0.29, 0.717) is 35.3 Å². The van der Waals surface area contributed by atoms with E-state index >= 15 is 0 Å². The molecule has 0 saturated carbocycles. The smallest absolute Gasteiger partial charge is 0.256 e. The number of ether oxygens (including phenoxy) is 1. The Labute approximate surface area is 200 Å². The number of nitrogens with one attached hydrogen (secondary N) is 2. The molecule has 1 amide bonds. The maximum Gasteiger partial charge on any atom is 0.256 e. The number of hydrogen-bond donors (Lipinski definition) is 2. The Morgan fingerprint density at radius 1 is 1.29 bits per heavy atom. The number of carbonyl (C=O) groups is 1. The number of rotatable bonds is 12. The molecule has 1 aromatic carbocycles. The van der Waals surface area contributed by atoms with E-state index in [4.69, 9.17) is 4.74 Å². The monoisotopic (exact) mass is 461 g/mol. The fraction of sp³-hybridized carbons (Fsp3) is 0.240. The van der Waals surface area contributed by atoms with Crippen LogP contribution in [-0.4, -0.2) is 37.8 Å². The molecule has 0 fully saturated rings. The fourth-order valence-electron chi connectivity index (χ4n) is 3.49. The van der Waals surface area contributed by atoms with Gasteiger partial charge in [0.2, 0.25) is 6.41 Å². The van der Waals surface area contributed by atoms with Crippen molar-refractivity contribution in [1.82, 2.24) is 24.2 Å². The van der Waals surface area contributed by atoms with Crippen LogP contribution in [0.25, 0.3) is 5.70 Å². The first-order valence-corrected chi connectivity index (χ1v) is 10.8. The van der Waals surface area contributed by atoms with Gasteiger partial charge in [-0.05, 0) is 30.2 Å². The number of aryl methyl sites for hydroxylation is 2. The predicted molar refractivity (Wildman–Crippen MR) is 135 cm³/mol. The second-order valence-electron chi connectivity index (χ2n) is 7.71. The van der Waals surface area contributed by atoms with Gasteiger partial charge in [0.25, 0.3) is 5.88 Å². The number of methoxy groups -OCH3 is 1. The number of anilines is 2. The molecule has 2 heterocycles. The van der Waals surface area contributed by atoms with Crippen molar-refractivity contribution < 1.29 is 9.53 Å². The van der Waals surface area contributed by atoms with Gasteiger partial charge in [0.15, 0.2) is 5.82 Å². The summed E-state index contributed by atoms with van der Waals surface area (Å²) < 4.78 is 9.04. The number of imidazole rings is 1.